The summed E-state index contributed by atoms with van der Waals surface area (Å²) in [6.45, 7) is 0.993. The van der Waals surface area contributed by atoms with Gasteiger partial charge in [0.2, 0.25) is 5.91 Å². The number of nitrogens with two attached hydrogens (primary N) is 1. The average molecular weight is 351 g/mol. The number of nitrogens with one attached hydrogen (secondary N) is 1. The molecule has 132 valence electrons. The third-order valence-electron chi connectivity index (χ3n) is 5.00. The van der Waals surface area contributed by atoms with Crippen molar-refractivity contribution in [2.24, 2.45) is 11.7 Å². The van der Waals surface area contributed by atoms with Crippen molar-refractivity contribution >= 4 is 27.1 Å². The Kier molecular flexibility index (Phi) is 5.10. The van der Waals surface area contributed by atoms with Crippen LogP contribution in [0, 0.1) is 5.92 Å². The minimum Gasteiger partial charge on any atom is -0.369 e. The summed E-state index contributed by atoms with van der Waals surface area (Å²) in [4.78, 5) is 14.3. The molecular formula is C17H25N3O3S. The highest BCUT2D eigenvalue weighted by Crippen LogP contribution is 2.27. The van der Waals surface area contributed by atoms with Crippen molar-refractivity contribution in [3.05, 3.63) is 24.3 Å². The topological polar surface area (TPSA) is 92.5 Å². The van der Waals surface area contributed by atoms with E-state index in [1.54, 1.807) is 0 Å². The molecule has 1 amide bonds. The van der Waals surface area contributed by atoms with Crippen LogP contribution in [0.1, 0.15) is 25.7 Å². The summed E-state index contributed by atoms with van der Waals surface area (Å²) in [7, 11) is -2.89. The van der Waals surface area contributed by atoms with Crippen LogP contribution in [0.3, 0.4) is 0 Å². The average Bonchev–Trinajstić information content (AvgIpc) is 2.92. The molecular weight excluding hydrogens is 326 g/mol. The van der Waals surface area contributed by atoms with Gasteiger partial charge in [-0.25, -0.2) is 8.42 Å². The second kappa shape index (κ2) is 7.11. The van der Waals surface area contributed by atoms with Crippen LogP contribution < -0.4 is 16.0 Å². The van der Waals surface area contributed by atoms with Gasteiger partial charge in [-0.05, 0) is 37.0 Å². The van der Waals surface area contributed by atoms with Gasteiger partial charge in [0, 0.05) is 36.9 Å². The molecule has 0 spiro atoms. The number of carbonyl (C=O) groups excluding carboxylic acids is 1. The monoisotopic (exact) mass is 351 g/mol. The second-order valence-corrected chi connectivity index (χ2v) is 9.10. The molecule has 1 aliphatic carbocycles. The lowest BCUT2D eigenvalue weighted by molar-refractivity contribution is -0.117. The molecule has 1 aromatic carbocycles. The standard InChI is InChI=1S/C17H25N3O3S/c18-16-6-1-3-13(16)11-17(21)19-14-4-2-5-15(12-14)20-7-9-24(22,23)10-8-20/h2,4-5,12-13,16H,1,3,6-11,18H2,(H,19,21)/t13-,16+/m0/s1. The predicted octanol–water partition coefficient (Wildman–Crippen LogP) is 1.38. The van der Waals surface area contributed by atoms with Gasteiger partial charge in [0.15, 0.2) is 9.84 Å². The maximum atomic E-state index is 12.2. The van der Waals surface area contributed by atoms with Gasteiger partial charge in [0.1, 0.15) is 0 Å². The largest absolute Gasteiger partial charge is 0.369 e. The SMILES string of the molecule is N[C@@H]1CCC[C@H]1CC(=O)Nc1cccc(N2CCS(=O)(=O)CC2)c1. The molecule has 2 atom stereocenters. The van der Waals surface area contributed by atoms with Crippen LogP contribution in [0.4, 0.5) is 11.4 Å². The van der Waals surface area contributed by atoms with E-state index >= 15 is 0 Å². The van der Waals surface area contributed by atoms with Gasteiger partial charge in [0.05, 0.1) is 11.5 Å². The molecule has 2 aliphatic rings. The van der Waals surface area contributed by atoms with Gasteiger partial charge in [0.25, 0.3) is 0 Å². The molecule has 0 aromatic heterocycles. The molecule has 0 radical (unpaired) electrons. The smallest absolute Gasteiger partial charge is 0.224 e. The molecule has 1 aromatic rings. The normalized spacial score (nSPS) is 26.3. The highest BCUT2D eigenvalue weighted by molar-refractivity contribution is 7.91. The van der Waals surface area contributed by atoms with Crippen molar-refractivity contribution in [3.8, 4) is 0 Å². The van der Waals surface area contributed by atoms with Crippen LogP contribution in [0.15, 0.2) is 24.3 Å². The third-order valence-corrected chi connectivity index (χ3v) is 6.61. The van der Waals surface area contributed by atoms with Gasteiger partial charge >= 0.3 is 0 Å². The summed E-state index contributed by atoms with van der Waals surface area (Å²) < 4.78 is 23.1. The van der Waals surface area contributed by atoms with Crippen molar-refractivity contribution in [1.29, 1.82) is 0 Å². The van der Waals surface area contributed by atoms with E-state index in [0.29, 0.717) is 19.5 Å². The molecule has 1 heterocycles. The summed E-state index contributed by atoms with van der Waals surface area (Å²) >= 11 is 0. The van der Waals surface area contributed by atoms with E-state index in [4.69, 9.17) is 5.73 Å². The van der Waals surface area contributed by atoms with Gasteiger partial charge in [-0.2, -0.15) is 0 Å². The fraction of sp³-hybridized carbons (Fsp3) is 0.588. The number of hydrogen-bond donors (Lipinski definition) is 2. The van der Waals surface area contributed by atoms with Crippen LogP contribution in [-0.2, 0) is 14.6 Å². The minimum atomic E-state index is -2.89. The predicted molar refractivity (Wildman–Crippen MR) is 95.9 cm³/mol. The quantitative estimate of drug-likeness (QED) is 0.855. The molecule has 7 heteroatoms. The Morgan fingerprint density at radius 1 is 1.25 bits per heavy atom. The molecule has 1 aliphatic heterocycles. The Bertz CT molecular complexity index is 691. The Labute approximate surface area is 143 Å². The summed E-state index contributed by atoms with van der Waals surface area (Å²) in [6.07, 6.45) is 3.60. The highest BCUT2D eigenvalue weighted by Gasteiger charge is 2.26. The Morgan fingerprint density at radius 2 is 2.00 bits per heavy atom. The van der Waals surface area contributed by atoms with E-state index in [1.165, 1.54) is 0 Å². The van der Waals surface area contributed by atoms with Crippen molar-refractivity contribution in [1.82, 2.24) is 0 Å². The Hall–Kier alpha value is -1.60. The first-order valence-corrected chi connectivity index (χ1v) is 10.4. The van der Waals surface area contributed by atoms with Crippen molar-refractivity contribution in [2.45, 2.75) is 31.7 Å². The maximum Gasteiger partial charge on any atom is 0.224 e. The number of nitrogens with zero attached hydrogens (tertiary/aromatic N) is 1. The van der Waals surface area contributed by atoms with Crippen molar-refractivity contribution in [2.75, 3.05) is 34.8 Å². The molecule has 0 bridgehead atoms. The van der Waals surface area contributed by atoms with Crippen LogP contribution in [0.2, 0.25) is 0 Å². The number of hydrogen-bond acceptors (Lipinski definition) is 5. The number of anilines is 2. The van der Waals surface area contributed by atoms with Crippen LogP contribution >= 0.6 is 0 Å². The zero-order valence-electron chi connectivity index (χ0n) is 13.8. The zero-order valence-corrected chi connectivity index (χ0v) is 14.6. The van der Waals surface area contributed by atoms with Gasteiger partial charge in [-0.15, -0.1) is 0 Å². The van der Waals surface area contributed by atoms with Crippen molar-refractivity contribution < 1.29 is 13.2 Å². The van der Waals surface area contributed by atoms with Gasteiger partial charge in [-0.3, -0.25) is 4.79 Å². The fourth-order valence-electron chi connectivity index (χ4n) is 3.52. The van der Waals surface area contributed by atoms with Crippen molar-refractivity contribution in [3.63, 3.8) is 0 Å². The minimum absolute atomic E-state index is 0.00396. The zero-order chi connectivity index (χ0) is 17.2. The highest BCUT2D eigenvalue weighted by atomic mass is 32.2. The van der Waals surface area contributed by atoms with Gasteiger partial charge in [-0.1, -0.05) is 12.5 Å². The lowest BCUT2D eigenvalue weighted by Gasteiger charge is -2.29. The molecule has 24 heavy (non-hydrogen) atoms. The van der Waals surface area contributed by atoms with Gasteiger partial charge < -0.3 is 16.0 Å². The number of sulfone groups is 1. The van der Waals surface area contributed by atoms with Crippen LogP contribution in [0.25, 0.3) is 0 Å². The Balaban J connectivity index is 1.60. The maximum absolute atomic E-state index is 12.2. The molecule has 1 saturated carbocycles. The van der Waals surface area contributed by atoms with E-state index in [-0.39, 0.29) is 29.4 Å². The summed E-state index contributed by atoms with van der Waals surface area (Å²) in [6, 6.07) is 7.73. The van der Waals surface area contributed by atoms with E-state index in [9.17, 15) is 13.2 Å². The number of amides is 1. The summed E-state index contributed by atoms with van der Waals surface area (Å²) in [5.74, 6) is 0.642. The lowest BCUT2D eigenvalue weighted by atomic mass is 10.00. The molecule has 0 unspecified atom stereocenters. The molecule has 1 saturated heterocycles. The van der Waals surface area contributed by atoms with Crippen LogP contribution in [0.5, 0.6) is 0 Å². The number of rotatable bonds is 4. The first-order chi connectivity index (χ1) is 11.4. The molecule has 3 rings (SSSR count). The third kappa shape index (κ3) is 4.27. The molecule has 2 fully saturated rings. The first kappa shape index (κ1) is 17.2. The molecule has 3 N–H and O–H groups in total. The van der Waals surface area contributed by atoms with E-state index in [1.807, 2.05) is 29.2 Å². The summed E-state index contributed by atoms with van der Waals surface area (Å²) in [5.41, 5.74) is 7.72. The Morgan fingerprint density at radius 3 is 2.67 bits per heavy atom. The summed E-state index contributed by atoms with van der Waals surface area (Å²) in [5, 5.41) is 2.95. The van der Waals surface area contributed by atoms with E-state index in [0.717, 1.165) is 30.6 Å². The fourth-order valence-corrected chi connectivity index (χ4v) is 4.72. The first-order valence-electron chi connectivity index (χ1n) is 8.54. The van der Waals surface area contributed by atoms with E-state index < -0.39 is 9.84 Å². The number of carbonyl (C=O) groups is 1. The van der Waals surface area contributed by atoms with E-state index in [2.05, 4.69) is 5.32 Å². The number of benzene rings is 1. The van der Waals surface area contributed by atoms with Crippen LogP contribution in [-0.4, -0.2) is 45.0 Å². The lowest BCUT2D eigenvalue weighted by Crippen LogP contribution is -2.40. The second-order valence-electron chi connectivity index (χ2n) is 6.80. The molecule has 6 nitrogen and oxygen atoms in total.